The molecular weight excluding hydrogens is 280 g/mol. The van der Waals surface area contributed by atoms with Gasteiger partial charge in [-0.15, -0.1) is 0 Å². The number of carbonyl (C=O) groups excluding carboxylic acids is 1. The number of hydrogen-bond donors (Lipinski definition) is 0. The first-order valence-corrected chi connectivity index (χ1v) is 9.28. The van der Waals surface area contributed by atoms with Crippen molar-refractivity contribution in [2.75, 3.05) is 19.6 Å². The number of amides is 1. The second kappa shape index (κ2) is 6.93. The lowest BCUT2D eigenvalue weighted by Gasteiger charge is -2.34. The molecule has 1 aromatic rings. The molecule has 0 N–H and O–H groups in total. The van der Waals surface area contributed by atoms with Crippen molar-refractivity contribution in [1.82, 2.24) is 9.80 Å². The van der Waals surface area contributed by atoms with Gasteiger partial charge in [0.25, 0.3) is 0 Å². The standard InChI is InChI=1S/C17H26N2OS/c1-2-18-10-3-5-15(18)16-6-4-11-19(16)17(20)8-7-14-9-12-21-13-14/h9,12-13,15-16H,2-8,10-11H2,1H3/t15-,16+/m0/s1. The normalized spacial score (nSPS) is 26.6. The Bertz CT molecular complexity index is 459. The van der Waals surface area contributed by atoms with Gasteiger partial charge < -0.3 is 4.90 Å². The van der Waals surface area contributed by atoms with Crippen LogP contribution in [0.15, 0.2) is 16.8 Å². The van der Waals surface area contributed by atoms with Crippen LogP contribution in [0.4, 0.5) is 0 Å². The number of nitrogens with zero attached hydrogens (tertiary/aromatic N) is 2. The van der Waals surface area contributed by atoms with E-state index in [0.29, 0.717) is 24.4 Å². The SMILES string of the molecule is CCN1CCC[C@H]1[C@H]1CCCN1C(=O)CCc1ccsc1. The molecule has 1 aromatic heterocycles. The van der Waals surface area contributed by atoms with E-state index in [2.05, 4.69) is 33.6 Å². The minimum absolute atomic E-state index is 0.367. The molecule has 0 unspecified atom stereocenters. The second-order valence-corrected chi connectivity index (χ2v) is 7.05. The lowest BCUT2D eigenvalue weighted by Crippen LogP contribution is -2.48. The summed E-state index contributed by atoms with van der Waals surface area (Å²) >= 11 is 1.72. The Hall–Kier alpha value is -0.870. The number of rotatable bonds is 5. The van der Waals surface area contributed by atoms with E-state index in [-0.39, 0.29) is 0 Å². The number of aryl methyl sites for hydroxylation is 1. The summed E-state index contributed by atoms with van der Waals surface area (Å²) < 4.78 is 0. The highest BCUT2D eigenvalue weighted by Crippen LogP contribution is 2.30. The van der Waals surface area contributed by atoms with Crippen LogP contribution in [0.1, 0.15) is 44.6 Å². The molecule has 2 aliphatic rings. The van der Waals surface area contributed by atoms with Crippen LogP contribution in [0.25, 0.3) is 0 Å². The van der Waals surface area contributed by atoms with Crippen molar-refractivity contribution in [2.45, 2.75) is 57.5 Å². The van der Waals surface area contributed by atoms with Crippen molar-refractivity contribution in [3.63, 3.8) is 0 Å². The van der Waals surface area contributed by atoms with Gasteiger partial charge in [0.1, 0.15) is 0 Å². The number of thiophene rings is 1. The van der Waals surface area contributed by atoms with Crippen LogP contribution in [0.3, 0.4) is 0 Å². The van der Waals surface area contributed by atoms with Gasteiger partial charge in [-0.25, -0.2) is 0 Å². The number of hydrogen-bond acceptors (Lipinski definition) is 3. The van der Waals surface area contributed by atoms with Gasteiger partial charge in [0, 0.05) is 25.0 Å². The summed E-state index contributed by atoms with van der Waals surface area (Å²) in [5.41, 5.74) is 1.31. The van der Waals surface area contributed by atoms with Crippen molar-refractivity contribution >= 4 is 17.2 Å². The second-order valence-electron chi connectivity index (χ2n) is 6.27. The van der Waals surface area contributed by atoms with E-state index in [4.69, 9.17) is 0 Å². The first-order valence-electron chi connectivity index (χ1n) is 8.34. The average molecular weight is 306 g/mol. The third-order valence-electron chi connectivity index (χ3n) is 5.09. The predicted molar refractivity (Wildman–Crippen MR) is 87.6 cm³/mol. The van der Waals surface area contributed by atoms with Crippen LogP contribution >= 0.6 is 11.3 Å². The van der Waals surface area contributed by atoms with E-state index in [0.717, 1.165) is 19.5 Å². The van der Waals surface area contributed by atoms with E-state index in [1.165, 1.54) is 37.8 Å². The Morgan fingerprint density at radius 1 is 1.29 bits per heavy atom. The lowest BCUT2D eigenvalue weighted by molar-refractivity contribution is -0.133. The molecule has 2 aliphatic heterocycles. The molecule has 0 aromatic carbocycles. The molecular formula is C17H26N2OS. The Balaban J connectivity index is 1.59. The Labute approximate surface area is 131 Å². The molecule has 21 heavy (non-hydrogen) atoms. The smallest absolute Gasteiger partial charge is 0.223 e. The van der Waals surface area contributed by atoms with E-state index < -0.39 is 0 Å². The van der Waals surface area contributed by atoms with Crippen LogP contribution in [-0.4, -0.2) is 47.4 Å². The maximum absolute atomic E-state index is 12.6. The van der Waals surface area contributed by atoms with E-state index in [1.54, 1.807) is 11.3 Å². The van der Waals surface area contributed by atoms with Gasteiger partial charge in [0.15, 0.2) is 0 Å². The highest BCUT2D eigenvalue weighted by molar-refractivity contribution is 7.07. The Morgan fingerprint density at radius 2 is 2.10 bits per heavy atom. The van der Waals surface area contributed by atoms with Crippen LogP contribution < -0.4 is 0 Å². The van der Waals surface area contributed by atoms with Gasteiger partial charge in [-0.1, -0.05) is 6.92 Å². The molecule has 0 saturated carbocycles. The summed E-state index contributed by atoms with van der Waals surface area (Å²) in [4.78, 5) is 17.4. The van der Waals surface area contributed by atoms with E-state index in [1.807, 2.05) is 0 Å². The van der Waals surface area contributed by atoms with Gasteiger partial charge >= 0.3 is 0 Å². The molecule has 2 fully saturated rings. The Kier molecular flexibility index (Phi) is 4.96. The predicted octanol–water partition coefficient (Wildman–Crippen LogP) is 3.16. The molecule has 3 rings (SSSR count). The van der Waals surface area contributed by atoms with Gasteiger partial charge in [-0.2, -0.15) is 11.3 Å². The number of likely N-dealkylation sites (N-methyl/N-ethyl adjacent to an activating group) is 1. The third-order valence-corrected chi connectivity index (χ3v) is 5.82. The van der Waals surface area contributed by atoms with Gasteiger partial charge in [-0.3, -0.25) is 9.69 Å². The molecule has 3 heterocycles. The monoisotopic (exact) mass is 306 g/mol. The van der Waals surface area contributed by atoms with Crippen LogP contribution in [-0.2, 0) is 11.2 Å². The summed E-state index contributed by atoms with van der Waals surface area (Å²) in [5.74, 6) is 0.367. The molecule has 2 atom stereocenters. The van der Waals surface area contributed by atoms with Crippen molar-refractivity contribution in [3.05, 3.63) is 22.4 Å². The average Bonchev–Trinajstić information content (AvgIpc) is 3.23. The first kappa shape index (κ1) is 15.0. The zero-order chi connectivity index (χ0) is 14.7. The van der Waals surface area contributed by atoms with Crippen molar-refractivity contribution in [3.8, 4) is 0 Å². The molecule has 2 saturated heterocycles. The summed E-state index contributed by atoms with van der Waals surface area (Å²) in [6.45, 7) is 5.56. The fraction of sp³-hybridized carbons (Fsp3) is 0.706. The van der Waals surface area contributed by atoms with Gasteiger partial charge in [-0.05, 0) is 67.6 Å². The van der Waals surface area contributed by atoms with Crippen molar-refractivity contribution < 1.29 is 4.79 Å². The number of carbonyl (C=O) groups is 1. The zero-order valence-corrected chi connectivity index (χ0v) is 13.8. The zero-order valence-electron chi connectivity index (χ0n) is 13.0. The molecule has 0 spiro atoms. The van der Waals surface area contributed by atoms with Gasteiger partial charge in [0.2, 0.25) is 5.91 Å². The molecule has 3 nitrogen and oxygen atoms in total. The number of likely N-dealkylation sites (tertiary alicyclic amines) is 2. The molecule has 1 amide bonds. The van der Waals surface area contributed by atoms with E-state index >= 15 is 0 Å². The minimum atomic E-state index is 0.367. The highest BCUT2D eigenvalue weighted by Gasteiger charge is 2.38. The highest BCUT2D eigenvalue weighted by atomic mass is 32.1. The minimum Gasteiger partial charge on any atom is -0.338 e. The third kappa shape index (κ3) is 3.32. The first-order chi connectivity index (χ1) is 10.3. The largest absolute Gasteiger partial charge is 0.338 e. The molecule has 0 radical (unpaired) electrons. The van der Waals surface area contributed by atoms with Crippen LogP contribution in [0.5, 0.6) is 0 Å². The topological polar surface area (TPSA) is 23.6 Å². The van der Waals surface area contributed by atoms with E-state index in [9.17, 15) is 4.79 Å². The summed E-state index contributed by atoms with van der Waals surface area (Å²) in [7, 11) is 0. The quantitative estimate of drug-likeness (QED) is 0.834. The van der Waals surface area contributed by atoms with Crippen molar-refractivity contribution in [1.29, 1.82) is 0 Å². The maximum atomic E-state index is 12.6. The van der Waals surface area contributed by atoms with Crippen LogP contribution in [0.2, 0.25) is 0 Å². The summed E-state index contributed by atoms with van der Waals surface area (Å²) in [6.07, 6.45) is 6.52. The van der Waals surface area contributed by atoms with Crippen molar-refractivity contribution in [2.24, 2.45) is 0 Å². The maximum Gasteiger partial charge on any atom is 0.223 e. The molecule has 116 valence electrons. The fourth-order valence-corrected chi connectivity index (χ4v) is 4.72. The Morgan fingerprint density at radius 3 is 2.86 bits per heavy atom. The lowest BCUT2D eigenvalue weighted by atomic mass is 10.0. The molecule has 0 aliphatic carbocycles. The fourth-order valence-electron chi connectivity index (χ4n) is 4.01. The van der Waals surface area contributed by atoms with Crippen LogP contribution in [0, 0.1) is 0 Å². The summed E-state index contributed by atoms with van der Waals surface area (Å²) in [6, 6.07) is 3.22. The van der Waals surface area contributed by atoms with Gasteiger partial charge in [0.05, 0.1) is 0 Å². The molecule has 0 bridgehead atoms. The molecule has 4 heteroatoms. The summed E-state index contributed by atoms with van der Waals surface area (Å²) in [5, 5.41) is 4.25.